The molecule has 0 bridgehead atoms. The molecule has 1 aliphatic carbocycles. The highest BCUT2D eigenvalue weighted by Crippen LogP contribution is 2.24. The number of carbonyl (C=O) groups excluding carboxylic acids is 2. The Hall–Kier alpha value is -2.37. The standard InChI is InChI=1S/C26H32ClN3O2/c27-21-10-6-8-19(16-21)17-30-15-7-9-20(18-30)25(31)29-24-14-5-4-13-23(24)26(32)28-22-11-2-1-3-12-22/h4-6,8,10,13-14,16,20,22H,1-3,7,9,11-12,15,17-18H2,(H,28,32)(H,29,31). The molecule has 2 aliphatic rings. The monoisotopic (exact) mass is 453 g/mol. The van der Waals surface area contributed by atoms with E-state index in [2.05, 4.69) is 21.6 Å². The van der Waals surface area contributed by atoms with E-state index >= 15 is 0 Å². The number of hydrogen-bond acceptors (Lipinski definition) is 3. The summed E-state index contributed by atoms with van der Waals surface area (Å²) in [7, 11) is 0. The van der Waals surface area contributed by atoms with Gasteiger partial charge in [0.05, 0.1) is 17.2 Å². The highest BCUT2D eigenvalue weighted by atomic mass is 35.5. The third-order valence-corrected chi connectivity index (χ3v) is 6.78. The number of nitrogens with zero attached hydrogens (tertiary/aromatic N) is 1. The molecular formula is C26H32ClN3O2. The minimum Gasteiger partial charge on any atom is -0.349 e. The predicted octanol–water partition coefficient (Wildman–Crippen LogP) is 5.25. The first kappa shape index (κ1) is 22.8. The molecule has 0 aromatic heterocycles. The normalized spacial score (nSPS) is 20.0. The van der Waals surface area contributed by atoms with Gasteiger partial charge in [0, 0.05) is 24.2 Å². The molecule has 2 fully saturated rings. The molecular weight excluding hydrogens is 422 g/mol. The van der Waals surface area contributed by atoms with Crippen LogP contribution in [0.25, 0.3) is 0 Å². The van der Waals surface area contributed by atoms with Crippen LogP contribution in [0.5, 0.6) is 0 Å². The van der Waals surface area contributed by atoms with Crippen molar-refractivity contribution >= 4 is 29.1 Å². The third kappa shape index (κ3) is 6.11. The van der Waals surface area contributed by atoms with E-state index in [0.29, 0.717) is 17.8 Å². The van der Waals surface area contributed by atoms with Crippen LogP contribution in [0.3, 0.4) is 0 Å². The second-order valence-electron chi connectivity index (χ2n) is 9.05. The second-order valence-corrected chi connectivity index (χ2v) is 9.48. The molecule has 2 aromatic carbocycles. The first-order chi connectivity index (χ1) is 15.6. The Balaban J connectivity index is 1.37. The smallest absolute Gasteiger partial charge is 0.253 e. The van der Waals surface area contributed by atoms with Gasteiger partial charge in [0.1, 0.15) is 0 Å². The van der Waals surface area contributed by atoms with Crippen LogP contribution in [-0.2, 0) is 11.3 Å². The predicted molar refractivity (Wildman–Crippen MR) is 129 cm³/mol. The summed E-state index contributed by atoms with van der Waals surface area (Å²) in [6.45, 7) is 2.45. The van der Waals surface area contributed by atoms with Gasteiger partial charge in [0.15, 0.2) is 0 Å². The van der Waals surface area contributed by atoms with Gasteiger partial charge in [-0.15, -0.1) is 0 Å². The van der Waals surface area contributed by atoms with Crippen molar-refractivity contribution in [2.75, 3.05) is 18.4 Å². The average molecular weight is 454 g/mol. The number of hydrogen-bond donors (Lipinski definition) is 2. The van der Waals surface area contributed by atoms with Crippen molar-refractivity contribution in [2.45, 2.75) is 57.5 Å². The summed E-state index contributed by atoms with van der Waals surface area (Å²) in [5.41, 5.74) is 2.29. The molecule has 1 saturated heterocycles. The van der Waals surface area contributed by atoms with Crippen molar-refractivity contribution in [3.8, 4) is 0 Å². The first-order valence-electron chi connectivity index (χ1n) is 11.8. The molecule has 1 unspecified atom stereocenters. The summed E-state index contributed by atoms with van der Waals surface area (Å²) < 4.78 is 0. The van der Waals surface area contributed by atoms with Crippen LogP contribution in [-0.4, -0.2) is 35.8 Å². The molecule has 2 N–H and O–H groups in total. The van der Waals surface area contributed by atoms with Crippen molar-refractivity contribution in [1.82, 2.24) is 10.2 Å². The molecule has 4 rings (SSSR count). The second kappa shape index (κ2) is 11.0. The Kier molecular flexibility index (Phi) is 7.82. The lowest BCUT2D eigenvalue weighted by Gasteiger charge is -2.32. The Bertz CT molecular complexity index is 942. The number of amides is 2. The van der Waals surface area contributed by atoms with Crippen molar-refractivity contribution in [2.24, 2.45) is 5.92 Å². The lowest BCUT2D eigenvalue weighted by Crippen LogP contribution is -2.40. The summed E-state index contributed by atoms with van der Waals surface area (Å²) in [5.74, 6) is -0.213. The Morgan fingerprint density at radius 3 is 2.59 bits per heavy atom. The van der Waals surface area contributed by atoms with E-state index < -0.39 is 0 Å². The molecule has 6 heteroatoms. The molecule has 0 radical (unpaired) electrons. The highest BCUT2D eigenvalue weighted by molar-refractivity contribution is 6.30. The lowest BCUT2D eigenvalue weighted by atomic mass is 9.95. The largest absolute Gasteiger partial charge is 0.349 e. The van der Waals surface area contributed by atoms with Crippen molar-refractivity contribution in [1.29, 1.82) is 0 Å². The molecule has 5 nitrogen and oxygen atoms in total. The van der Waals surface area contributed by atoms with E-state index in [1.54, 1.807) is 6.07 Å². The van der Waals surface area contributed by atoms with E-state index in [1.807, 2.05) is 36.4 Å². The summed E-state index contributed by atoms with van der Waals surface area (Å²) in [6.07, 6.45) is 7.47. The molecule has 1 atom stereocenters. The lowest BCUT2D eigenvalue weighted by molar-refractivity contribution is -0.121. The van der Waals surface area contributed by atoms with Crippen LogP contribution in [0.4, 0.5) is 5.69 Å². The number of anilines is 1. The molecule has 32 heavy (non-hydrogen) atoms. The van der Waals surface area contributed by atoms with E-state index in [-0.39, 0.29) is 23.8 Å². The summed E-state index contributed by atoms with van der Waals surface area (Å²) in [6, 6.07) is 15.4. The van der Waals surface area contributed by atoms with E-state index in [9.17, 15) is 9.59 Å². The number of likely N-dealkylation sites (tertiary alicyclic amines) is 1. The molecule has 170 valence electrons. The summed E-state index contributed by atoms with van der Waals surface area (Å²) in [5, 5.41) is 6.94. The van der Waals surface area contributed by atoms with E-state index in [0.717, 1.165) is 62.2 Å². The van der Waals surface area contributed by atoms with Crippen LogP contribution in [0.15, 0.2) is 48.5 Å². The van der Waals surface area contributed by atoms with Crippen molar-refractivity contribution < 1.29 is 9.59 Å². The molecule has 2 aromatic rings. The number of rotatable bonds is 6. The van der Waals surface area contributed by atoms with Crippen molar-refractivity contribution in [3.05, 3.63) is 64.7 Å². The number of benzene rings is 2. The fraction of sp³-hybridized carbons (Fsp3) is 0.462. The fourth-order valence-corrected chi connectivity index (χ4v) is 5.05. The molecule has 0 spiro atoms. The molecule has 1 heterocycles. The number of carbonyl (C=O) groups is 2. The maximum absolute atomic E-state index is 13.1. The zero-order valence-corrected chi connectivity index (χ0v) is 19.2. The number of halogens is 1. The zero-order valence-electron chi connectivity index (χ0n) is 18.5. The first-order valence-corrected chi connectivity index (χ1v) is 12.1. The van der Waals surface area contributed by atoms with Crippen LogP contribution in [0.2, 0.25) is 5.02 Å². The quantitative estimate of drug-likeness (QED) is 0.627. The van der Waals surface area contributed by atoms with E-state index in [1.165, 1.54) is 6.42 Å². The minimum absolute atomic E-state index is 0.0151. The van der Waals surface area contributed by atoms with Crippen LogP contribution < -0.4 is 10.6 Å². The maximum Gasteiger partial charge on any atom is 0.253 e. The van der Waals surface area contributed by atoms with Gasteiger partial charge in [0.25, 0.3) is 5.91 Å². The SMILES string of the molecule is O=C(NC1CCCCC1)c1ccccc1NC(=O)C1CCCN(Cc2cccc(Cl)c2)C1. The Morgan fingerprint density at radius 1 is 0.969 bits per heavy atom. The van der Waals surface area contributed by atoms with Gasteiger partial charge in [-0.1, -0.05) is 55.1 Å². The highest BCUT2D eigenvalue weighted by Gasteiger charge is 2.27. The van der Waals surface area contributed by atoms with Crippen LogP contribution >= 0.6 is 11.6 Å². The van der Waals surface area contributed by atoms with Crippen LogP contribution in [0, 0.1) is 5.92 Å². The Morgan fingerprint density at radius 2 is 1.78 bits per heavy atom. The van der Waals surface area contributed by atoms with Crippen molar-refractivity contribution in [3.63, 3.8) is 0 Å². The van der Waals surface area contributed by atoms with Gasteiger partial charge >= 0.3 is 0 Å². The van der Waals surface area contributed by atoms with Gasteiger partial charge in [-0.25, -0.2) is 0 Å². The summed E-state index contributed by atoms with van der Waals surface area (Å²) >= 11 is 6.12. The molecule has 1 saturated carbocycles. The molecule has 1 aliphatic heterocycles. The molecule has 2 amide bonds. The van der Waals surface area contributed by atoms with Gasteiger partial charge in [0.2, 0.25) is 5.91 Å². The summed E-state index contributed by atoms with van der Waals surface area (Å²) in [4.78, 5) is 28.3. The number of piperidine rings is 1. The van der Waals surface area contributed by atoms with Gasteiger partial charge in [-0.05, 0) is 62.1 Å². The number of para-hydroxylation sites is 1. The van der Waals surface area contributed by atoms with Gasteiger partial charge in [-0.2, -0.15) is 0 Å². The fourth-order valence-electron chi connectivity index (χ4n) is 4.84. The third-order valence-electron chi connectivity index (χ3n) is 6.54. The van der Waals surface area contributed by atoms with Gasteiger partial charge in [-0.3, -0.25) is 14.5 Å². The van der Waals surface area contributed by atoms with Gasteiger partial charge < -0.3 is 10.6 Å². The topological polar surface area (TPSA) is 61.4 Å². The maximum atomic E-state index is 13.1. The van der Waals surface area contributed by atoms with E-state index in [4.69, 9.17) is 11.6 Å². The number of nitrogens with one attached hydrogen (secondary N) is 2. The Labute approximate surface area is 195 Å². The minimum atomic E-state index is -0.0996. The van der Waals surface area contributed by atoms with Crippen LogP contribution in [0.1, 0.15) is 60.9 Å². The zero-order chi connectivity index (χ0) is 22.3. The average Bonchev–Trinajstić information content (AvgIpc) is 2.80.